The number of likely N-dealkylation sites (tertiary alicyclic amines) is 1. The Morgan fingerprint density at radius 1 is 1.14 bits per heavy atom. The molecule has 204 valence electrons. The van der Waals surface area contributed by atoms with Gasteiger partial charge in [0.15, 0.2) is 0 Å². The van der Waals surface area contributed by atoms with Crippen LogP contribution in [0.1, 0.15) is 56.9 Å². The number of benzene rings is 1. The molecule has 37 heavy (non-hydrogen) atoms. The van der Waals surface area contributed by atoms with Crippen molar-refractivity contribution >= 4 is 23.7 Å². The highest BCUT2D eigenvalue weighted by Crippen LogP contribution is 2.22. The number of piperidine rings is 2. The fourth-order valence-electron chi connectivity index (χ4n) is 4.96. The van der Waals surface area contributed by atoms with Gasteiger partial charge in [-0.05, 0) is 75.7 Å². The maximum absolute atomic E-state index is 12.8. The van der Waals surface area contributed by atoms with Gasteiger partial charge >= 0.3 is 5.97 Å². The van der Waals surface area contributed by atoms with Gasteiger partial charge in [-0.1, -0.05) is 12.1 Å². The molecule has 10 heteroatoms. The van der Waals surface area contributed by atoms with Crippen molar-refractivity contribution in [1.82, 2.24) is 20.9 Å². The van der Waals surface area contributed by atoms with Crippen molar-refractivity contribution in [2.24, 2.45) is 11.8 Å². The first-order valence-electron chi connectivity index (χ1n) is 13.2. The first-order chi connectivity index (χ1) is 17.8. The smallest absolute Gasteiger partial charge is 0.328 e. The summed E-state index contributed by atoms with van der Waals surface area (Å²) in [7, 11) is 1.55. The van der Waals surface area contributed by atoms with Gasteiger partial charge < -0.3 is 30.7 Å². The number of nitrogens with one attached hydrogen (secondary N) is 3. The van der Waals surface area contributed by atoms with E-state index >= 15 is 0 Å². The summed E-state index contributed by atoms with van der Waals surface area (Å²) < 4.78 is 5.12. The number of carbonyl (C=O) groups excluding carboxylic acids is 3. The van der Waals surface area contributed by atoms with E-state index in [2.05, 4.69) is 16.0 Å². The van der Waals surface area contributed by atoms with Crippen LogP contribution < -0.4 is 20.7 Å². The molecule has 0 saturated carbocycles. The van der Waals surface area contributed by atoms with Crippen LogP contribution in [0.5, 0.6) is 5.75 Å². The van der Waals surface area contributed by atoms with Gasteiger partial charge in [0.1, 0.15) is 11.8 Å². The first-order valence-corrected chi connectivity index (χ1v) is 13.2. The first kappa shape index (κ1) is 28.4. The van der Waals surface area contributed by atoms with E-state index in [0.717, 1.165) is 44.3 Å². The van der Waals surface area contributed by atoms with E-state index < -0.39 is 23.8 Å². The molecule has 0 spiro atoms. The third-order valence-corrected chi connectivity index (χ3v) is 7.47. The molecule has 1 aromatic rings. The molecule has 2 heterocycles. The normalized spacial score (nSPS) is 19.9. The van der Waals surface area contributed by atoms with Crippen molar-refractivity contribution in [2.75, 3.05) is 39.8 Å². The van der Waals surface area contributed by atoms with Crippen molar-refractivity contribution < 1.29 is 29.0 Å². The van der Waals surface area contributed by atoms with Gasteiger partial charge in [0.05, 0.1) is 18.9 Å². The van der Waals surface area contributed by atoms with E-state index in [9.17, 15) is 24.3 Å². The molecule has 2 saturated heterocycles. The molecule has 3 rings (SSSR count). The zero-order valence-corrected chi connectivity index (χ0v) is 21.8. The van der Waals surface area contributed by atoms with Gasteiger partial charge in [0.25, 0.3) is 0 Å². The van der Waals surface area contributed by atoms with Crippen molar-refractivity contribution in [3.8, 4) is 5.75 Å². The van der Waals surface area contributed by atoms with E-state index in [4.69, 9.17) is 4.74 Å². The number of carboxylic acids is 1. The second-order valence-electron chi connectivity index (χ2n) is 10.1. The average Bonchev–Trinajstić information content (AvgIpc) is 2.93. The molecule has 0 radical (unpaired) electrons. The molecule has 0 aliphatic carbocycles. The van der Waals surface area contributed by atoms with Crippen LogP contribution in [-0.2, 0) is 19.2 Å². The lowest BCUT2D eigenvalue weighted by molar-refractivity contribution is -0.142. The van der Waals surface area contributed by atoms with Crippen LogP contribution in [0.4, 0.5) is 0 Å². The number of carboxylic acid groups (broad SMARTS) is 1. The van der Waals surface area contributed by atoms with Gasteiger partial charge in [-0.25, -0.2) is 4.79 Å². The number of methoxy groups -OCH3 is 1. The largest absolute Gasteiger partial charge is 0.497 e. The van der Waals surface area contributed by atoms with E-state index in [-0.39, 0.29) is 24.3 Å². The average molecular weight is 517 g/mol. The Morgan fingerprint density at radius 2 is 1.84 bits per heavy atom. The predicted octanol–water partition coefficient (Wildman–Crippen LogP) is 1.50. The molecule has 0 bridgehead atoms. The number of hydrogen-bond donors (Lipinski definition) is 4. The summed E-state index contributed by atoms with van der Waals surface area (Å²) in [5.41, 5.74) is 0.721. The third kappa shape index (κ3) is 8.45. The number of carbonyl (C=O) groups is 4. The number of hydrogen-bond acceptors (Lipinski definition) is 6. The molecular formula is C27H40N4O6. The Labute approximate surface area is 218 Å². The van der Waals surface area contributed by atoms with Crippen LogP contribution in [-0.4, -0.2) is 79.6 Å². The summed E-state index contributed by atoms with van der Waals surface area (Å²) in [6.45, 7) is 4.45. The quantitative estimate of drug-likeness (QED) is 0.350. The summed E-state index contributed by atoms with van der Waals surface area (Å²) >= 11 is 0. The van der Waals surface area contributed by atoms with E-state index in [1.165, 1.54) is 0 Å². The monoisotopic (exact) mass is 516 g/mol. The fourth-order valence-corrected chi connectivity index (χ4v) is 4.96. The minimum atomic E-state index is -1.26. The summed E-state index contributed by atoms with van der Waals surface area (Å²) in [5.74, 6) is -1.62. The lowest BCUT2D eigenvalue weighted by Gasteiger charge is -2.33. The Bertz CT molecular complexity index is 931. The van der Waals surface area contributed by atoms with Crippen molar-refractivity contribution in [2.45, 2.75) is 57.4 Å². The van der Waals surface area contributed by atoms with Crippen molar-refractivity contribution in [1.29, 1.82) is 0 Å². The predicted molar refractivity (Wildman–Crippen MR) is 138 cm³/mol. The number of nitrogens with zero attached hydrogens (tertiary/aromatic N) is 1. The van der Waals surface area contributed by atoms with Gasteiger partial charge in [-0.3, -0.25) is 14.4 Å². The van der Waals surface area contributed by atoms with E-state index in [1.807, 2.05) is 0 Å². The van der Waals surface area contributed by atoms with Crippen molar-refractivity contribution in [3.05, 3.63) is 29.8 Å². The molecule has 2 aliphatic rings. The molecule has 4 N–H and O–H groups in total. The van der Waals surface area contributed by atoms with Crippen LogP contribution in [0.15, 0.2) is 24.3 Å². The van der Waals surface area contributed by atoms with Gasteiger partial charge in [-0.15, -0.1) is 0 Å². The molecule has 1 aromatic carbocycles. The standard InChI is InChI=1S/C27H40N4O6/c1-18(20-6-8-22(37-2)9-7-20)25(33)30-23(27(35)36)16-29-26(34)21-4-3-15-31(17-21)24(32)10-5-19-11-13-28-14-12-19/h6-9,18-19,21,23,28H,3-5,10-17H2,1-2H3,(H,29,34)(H,30,33)(H,35,36)/t18-,21-,23?/m1/s1. The second kappa shape index (κ2) is 14.0. The summed E-state index contributed by atoms with van der Waals surface area (Å²) in [5, 5.41) is 18.1. The lowest BCUT2D eigenvalue weighted by Crippen LogP contribution is -2.52. The van der Waals surface area contributed by atoms with Crippen LogP contribution in [0.25, 0.3) is 0 Å². The topological polar surface area (TPSA) is 137 Å². The molecule has 3 amide bonds. The molecule has 10 nitrogen and oxygen atoms in total. The van der Waals surface area contributed by atoms with Gasteiger partial charge in [0.2, 0.25) is 17.7 Å². The van der Waals surface area contributed by atoms with Gasteiger partial charge in [0, 0.05) is 26.1 Å². The summed E-state index contributed by atoms with van der Waals surface area (Å²) in [4.78, 5) is 51.8. The molecule has 1 unspecified atom stereocenters. The zero-order valence-electron chi connectivity index (χ0n) is 21.8. The van der Waals surface area contributed by atoms with Crippen LogP contribution >= 0.6 is 0 Å². The molecule has 0 aromatic heterocycles. The number of aliphatic carboxylic acids is 1. The van der Waals surface area contributed by atoms with Gasteiger partial charge in [-0.2, -0.15) is 0 Å². The molecule has 2 aliphatic heterocycles. The number of ether oxygens (including phenoxy) is 1. The maximum Gasteiger partial charge on any atom is 0.328 e. The van der Waals surface area contributed by atoms with Crippen LogP contribution in [0.2, 0.25) is 0 Å². The van der Waals surface area contributed by atoms with Crippen molar-refractivity contribution in [3.63, 3.8) is 0 Å². The Hall–Kier alpha value is -3.14. The number of rotatable bonds is 11. The highest BCUT2D eigenvalue weighted by molar-refractivity contribution is 5.88. The van der Waals surface area contributed by atoms with E-state index in [1.54, 1.807) is 43.2 Å². The number of amides is 3. The second-order valence-corrected chi connectivity index (χ2v) is 10.1. The molecule has 3 atom stereocenters. The Kier molecular flexibility index (Phi) is 10.7. The summed E-state index contributed by atoms with van der Waals surface area (Å²) in [6, 6.07) is 5.72. The minimum Gasteiger partial charge on any atom is -0.497 e. The lowest BCUT2D eigenvalue weighted by atomic mass is 9.92. The minimum absolute atomic E-state index is 0.0826. The highest BCUT2D eigenvalue weighted by atomic mass is 16.5. The highest BCUT2D eigenvalue weighted by Gasteiger charge is 2.30. The Morgan fingerprint density at radius 3 is 2.49 bits per heavy atom. The fraction of sp³-hybridized carbons (Fsp3) is 0.630. The zero-order chi connectivity index (χ0) is 26.8. The van der Waals surface area contributed by atoms with Crippen LogP contribution in [0, 0.1) is 11.8 Å². The van der Waals surface area contributed by atoms with Crippen LogP contribution in [0.3, 0.4) is 0 Å². The summed E-state index contributed by atoms with van der Waals surface area (Å²) in [6.07, 6.45) is 4.94. The Balaban J connectivity index is 1.46. The SMILES string of the molecule is COc1ccc([C@@H](C)C(=O)NC(CNC(=O)[C@@H]2CCCN(C(=O)CCC3CCNCC3)C2)C(=O)O)cc1. The maximum atomic E-state index is 12.8. The van der Waals surface area contributed by atoms with E-state index in [0.29, 0.717) is 37.6 Å². The third-order valence-electron chi connectivity index (χ3n) is 7.47. The molecular weight excluding hydrogens is 476 g/mol. The molecule has 2 fully saturated rings.